The standard InChI is InChI=1S/C4H7BrO/c1-4(5)3-6-2/h3H,1-2H3/b4-3-. The van der Waals surface area contributed by atoms with Crippen molar-refractivity contribution in [2.75, 3.05) is 7.11 Å². The molecule has 0 aromatic rings. The molecule has 0 unspecified atom stereocenters. The van der Waals surface area contributed by atoms with E-state index in [4.69, 9.17) is 0 Å². The van der Waals surface area contributed by atoms with Gasteiger partial charge < -0.3 is 4.74 Å². The van der Waals surface area contributed by atoms with Crippen LogP contribution in [-0.2, 0) is 4.74 Å². The molecule has 0 atom stereocenters. The van der Waals surface area contributed by atoms with Crippen molar-refractivity contribution in [3.63, 3.8) is 0 Å². The Morgan fingerprint density at radius 3 is 2.33 bits per heavy atom. The normalized spacial score (nSPS) is 11.5. The van der Waals surface area contributed by atoms with E-state index in [0.29, 0.717) is 0 Å². The van der Waals surface area contributed by atoms with Gasteiger partial charge in [-0.2, -0.15) is 0 Å². The Morgan fingerprint density at radius 1 is 1.83 bits per heavy atom. The molecule has 0 amide bonds. The first kappa shape index (κ1) is 6.02. The van der Waals surface area contributed by atoms with Gasteiger partial charge in [-0.1, -0.05) is 15.9 Å². The van der Waals surface area contributed by atoms with Gasteiger partial charge in [0.15, 0.2) is 0 Å². The van der Waals surface area contributed by atoms with E-state index in [0.717, 1.165) is 4.48 Å². The summed E-state index contributed by atoms with van der Waals surface area (Å²) < 4.78 is 5.60. The highest BCUT2D eigenvalue weighted by molar-refractivity contribution is 9.11. The third kappa shape index (κ3) is 4.02. The molecule has 6 heavy (non-hydrogen) atoms. The zero-order valence-corrected chi connectivity index (χ0v) is 5.45. The molecule has 0 aromatic carbocycles. The minimum absolute atomic E-state index is 1.00. The van der Waals surface area contributed by atoms with Crippen LogP contribution in [0.25, 0.3) is 0 Å². The number of rotatable bonds is 1. The summed E-state index contributed by atoms with van der Waals surface area (Å²) in [6, 6.07) is 0. The van der Waals surface area contributed by atoms with E-state index in [9.17, 15) is 0 Å². The maximum atomic E-state index is 4.59. The van der Waals surface area contributed by atoms with Crippen molar-refractivity contribution in [1.29, 1.82) is 0 Å². The van der Waals surface area contributed by atoms with Crippen LogP contribution in [0.15, 0.2) is 10.7 Å². The van der Waals surface area contributed by atoms with E-state index in [1.807, 2.05) is 6.92 Å². The third-order valence-electron chi connectivity index (χ3n) is 0.280. The Morgan fingerprint density at radius 2 is 2.33 bits per heavy atom. The van der Waals surface area contributed by atoms with Crippen molar-refractivity contribution in [3.05, 3.63) is 10.7 Å². The minimum Gasteiger partial charge on any atom is -0.504 e. The number of hydrogen-bond donors (Lipinski definition) is 0. The largest absolute Gasteiger partial charge is 0.504 e. The highest BCUT2D eigenvalue weighted by Gasteiger charge is 1.70. The van der Waals surface area contributed by atoms with Crippen LogP contribution in [0.3, 0.4) is 0 Å². The van der Waals surface area contributed by atoms with Gasteiger partial charge >= 0.3 is 0 Å². The van der Waals surface area contributed by atoms with Crippen LogP contribution < -0.4 is 0 Å². The molecule has 0 aliphatic rings. The average molecular weight is 151 g/mol. The second-order valence-corrected chi connectivity index (χ2v) is 2.19. The fraction of sp³-hybridized carbons (Fsp3) is 0.500. The van der Waals surface area contributed by atoms with Gasteiger partial charge in [0.2, 0.25) is 0 Å². The molecular formula is C4H7BrO. The molecule has 0 bridgehead atoms. The maximum absolute atomic E-state index is 4.59. The lowest BCUT2D eigenvalue weighted by Crippen LogP contribution is -1.63. The van der Waals surface area contributed by atoms with Gasteiger partial charge in [-0.3, -0.25) is 0 Å². The number of allylic oxidation sites excluding steroid dienone is 1. The Bertz CT molecular complexity index is 54.6. The lowest BCUT2D eigenvalue weighted by Gasteiger charge is -1.83. The highest BCUT2D eigenvalue weighted by Crippen LogP contribution is 1.99. The number of hydrogen-bond acceptors (Lipinski definition) is 1. The predicted octanol–water partition coefficient (Wildman–Crippen LogP) is 1.89. The molecule has 0 heterocycles. The summed E-state index contributed by atoms with van der Waals surface area (Å²) in [5, 5.41) is 0. The molecule has 0 saturated carbocycles. The third-order valence-corrected chi connectivity index (χ3v) is 0.467. The van der Waals surface area contributed by atoms with Crippen molar-refractivity contribution in [1.82, 2.24) is 0 Å². The van der Waals surface area contributed by atoms with E-state index < -0.39 is 0 Å². The molecule has 0 aliphatic heterocycles. The molecule has 1 nitrogen and oxygen atoms in total. The van der Waals surface area contributed by atoms with Crippen LogP contribution in [0.2, 0.25) is 0 Å². The Balaban J connectivity index is 3.14. The molecular weight excluding hydrogens is 144 g/mol. The molecule has 0 aromatic heterocycles. The van der Waals surface area contributed by atoms with Gasteiger partial charge in [-0.15, -0.1) is 0 Å². The highest BCUT2D eigenvalue weighted by atomic mass is 79.9. The van der Waals surface area contributed by atoms with E-state index >= 15 is 0 Å². The van der Waals surface area contributed by atoms with Crippen molar-refractivity contribution < 1.29 is 4.74 Å². The van der Waals surface area contributed by atoms with E-state index in [1.54, 1.807) is 13.4 Å². The monoisotopic (exact) mass is 150 g/mol. The quantitative estimate of drug-likeness (QED) is 0.520. The number of methoxy groups -OCH3 is 1. The van der Waals surface area contributed by atoms with E-state index in [-0.39, 0.29) is 0 Å². The SMILES string of the molecule is CO/C=C(/C)Br. The average Bonchev–Trinajstić information content (AvgIpc) is 1.35. The fourth-order valence-electron chi connectivity index (χ4n) is 0.162. The topological polar surface area (TPSA) is 9.23 Å². The summed E-state index contributed by atoms with van der Waals surface area (Å²) >= 11 is 3.17. The summed E-state index contributed by atoms with van der Waals surface area (Å²) in [4.78, 5) is 0. The van der Waals surface area contributed by atoms with E-state index in [1.165, 1.54) is 0 Å². The summed E-state index contributed by atoms with van der Waals surface area (Å²) in [5.41, 5.74) is 0. The van der Waals surface area contributed by atoms with Gasteiger partial charge in [0.25, 0.3) is 0 Å². The second-order valence-electron chi connectivity index (χ2n) is 0.940. The second kappa shape index (κ2) is 3.22. The van der Waals surface area contributed by atoms with Gasteiger partial charge in [0, 0.05) is 4.48 Å². The van der Waals surface area contributed by atoms with Crippen molar-refractivity contribution in [3.8, 4) is 0 Å². The molecule has 0 saturated heterocycles. The lowest BCUT2D eigenvalue weighted by molar-refractivity contribution is 0.336. The van der Waals surface area contributed by atoms with Crippen LogP contribution in [0.4, 0.5) is 0 Å². The van der Waals surface area contributed by atoms with Crippen LogP contribution in [0.5, 0.6) is 0 Å². The Hall–Kier alpha value is 0.0200. The summed E-state index contributed by atoms with van der Waals surface area (Å²) in [5.74, 6) is 0. The van der Waals surface area contributed by atoms with Gasteiger partial charge in [-0.25, -0.2) is 0 Å². The van der Waals surface area contributed by atoms with Crippen LogP contribution in [0, 0.1) is 0 Å². The first-order valence-electron chi connectivity index (χ1n) is 1.62. The Kier molecular flexibility index (Phi) is 3.23. The van der Waals surface area contributed by atoms with Crippen molar-refractivity contribution >= 4 is 15.9 Å². The zero-order valence-electron chi connectivity index (χ0n) is 3.86. The van der Waals surface area contributed by atoms with E-state index in [2.05, 4.69) is 20.7 Å². The molecule has 0 rings (SSSR count). The van der Waals surface area contributed by atoms with Crippen molar-refractivity contribution in [2.24, 2.45) is 0 Å². The molecule has 0 fully saturated rings. The molecule has 0 radical (unpaired) electrons. The van der Waals surface area contributed by atoms with Gasteiger partial charge in [-0.05, 0) is 6.92 Å². The lowest BCUT2D eigenvalue weighted by atomic mass is 10.7. The maximum Gasteiger partial charge on any atom is 0.0922 e. The summed E-state index contributed by atoms with van der Waals surface area (Å²) in [7, 11) is 1.62. The molecule has 0 N–H and O–H groups in total. The first-order valence-corrected chi connectivity index (χ1v) is 2.41. The van der Waals surface area contributed by atoms with Gasteiger partial charge in [0.05, 0.1) is 13.4 Å². The number of ether oxygens (including phenoxy) is 1. The molecule has 0 spiro atoms. The summed E-state index contributed by atoms with van der Waals surface area (Å²) in [6.45, 7) is 1.91. The molecule has 0 aliphatic carbocycles. The zero-order chi connectivity index (χ0) is 4.99. The minimum atomic E-state index is 1.00. The fourth-order valence-corrected chi connectivity index (χ4v) is 0.349. The van der Waals surface area contributed by atoms with Crippen molar-refractivity contribution in [2.45, 2.75) is 6.92 Å². The summed E-state index contributed by atoms with van der Waals surface area (Å²) in [6.07, 6.45) is 1.62. The molecule has 2 heteroatoms. The Labute approximate surface area is 46.1 Å². The predicted molar refractivity (Wildman–Crippen MR) is 29.7 cm³/mol. The molecule has 36 valence electrons. The number of halogens is 1. The van der Waals surface area contributed by atoms with Gasteiger partial charge in [0.1, 0.15) is 0 Å². The smallest absolute Gasteiger partial charge is 0.0922 e. The van der Waals surface area contributed by atoms with Crippen LogP contribution >= 0.6 is 15.9 Å². The first-order chi connectivity index (χ1) is 2.77. The van der Waals surface area contributed by atoms with Crippen LogP contribution in [-0.4, -0.2) is 7.11 Å². The van der Waals surface area contributed by atoms with Crippen LogP contribution in [0.1, 0.15) is 6.92 Å².